The van der Waals surface area contributed by atoms with Gasteiger partial charge in [-0.05, 0) is 30.2 Å². The van der Waals surface area contributed by atoms with Crippen molar-refractivity contribution in [1.82, 2.24) is 10.3 Å². The lowest BCUT2D eigenvalue weighted by Crippen LogP contribution is -2.29. The molecule has 1 aromatic heterocycles. The summed E-state index contributed by atoms with van der Waals surface area (Å²) >= 11 is 6.12. The van der Waals surface area contributed by atoms with Crippen LogP contribution in [0.2, 0.25) is 5.02 Å². The summed E-state index contributed by atoms with van der Waals surface area (Å²) in [5.41, 5.74) is 2.89. The smallest absolute Gasteiger partial charge is 0.218 e. The first-order chi connectivity index (χ1) is 14.0. The molecule has 1 N–H and O–H groups in total. The molecule has 2 heterocycles. The van der Waals surface area contributed by atoms with Crippen LogP contribution in [0.25, 0.3) is 10.9 Å². The van der Waals surface area contributed by atoms with Gasteiger partial charge in [-0.15, -0.1) is 0 Å². The summed E-state index contributed by atoms with van der Waals surface area (Å²) in [5.74, 6) is 0.997. The van der Waals surface area contributed by atoms with E-state index in [0.29, 0.717) is 30.5 Å². The summed E-state index contributed by atoms with van der Waals surface area (Å²) in [6.07, 6.45) is 1.42. The molecular weight excluding hydrogens is 408 g/mol. The van der Waals surface area contributed by atoms with Gasteiger partial charge >= 0.3 is 0 Å². The second-order valence-electron chi connectivity index (χ2n) is 7.35. The highest BCUT2D eigenvalue weighted by molar-refractivity contribution is 7.91. The highest BCUT2D eigenvalue weighted by atomic mass is 35.5. The minimum atomic E-state index is -2.92. The molecule has 1 fully saturated rings. The molecule has 7 heteroatoms. The number of aromatic nitrogens is 1. The first-order valence-electron chi connectivity index (χ1n) is 9.68. The van der Waals surface area contributed by atoms with Crippen LogP contribution < -0.4 is 10.1 Å². The lowest BCUT2D eigenvalue weighted by atomic mass is 10.1. The second-order valence-corrected chi connectivity index (χ2v) is 10.0. The summed E-state index contributed by atoms with van der Waals surface area (Å²) in [6, 6.07) is 17.7. The number of fused-ring (bicyclic) bond motifs is 1. The van der Waals surface area contributed by atoms with E-state index in [-0.39, 0.29) is 17.5 Å². The minimum absolute atomic E-state index is 0.0296. The molecule has 2 aromatic carbocycles. The Balaban J connectivity index is 1.51. The number of hydrogen-bond donors (Lipinski definition) is 1. The molecule has 152 valence electrons. The summed E-state index contributed by atoms with van der Waals surface area (Å²) < 4.78 is 29.5. The zero-order valence-electron chi connectivity index (χ0n) is 16.0. The average Bonchev–Trinajstić information content (AvgIpc) is 3.06. The standard InChI is InChI=1S/C22H23ClN2O3S/c23-19-7-6-17-12-18(14-24-20-9-11-29(26,27)15-20)22(25-21(17)13-19)28-10-8-16-4-2-1-3-5-16/h1-7,12-13,20,24H,8-11,14-15H2/t20-/m0/s1. The number of halogens is 1. The molecule has 29 heavy (non-hydrogen) atoms. The number of sulfone groups is 1. The van der Waals surface area contributed by atoms with Crippen molar-refractivity contribution in [1.29, 1.82) is 0 Å². The molecule has 5 nitrogen and oxygen atoms in total. The van der Waals surface area contributed by atoms with Gasteiger partial charge < -0.3 is 10.1 Å². The van der Waals surface area contributed by atoms with Crippen LogP contribution >= 0.6 is 11.6 Å². The van der Waals surface area contributed by atoms with Crippen LogP contribution in [0.15, 0.2) is 54.6 Å². The van der Waals surface area contributed by atoms with Gasteiger partial charge in [-0.1, -0.05) is 48.0 Å². The van der Waals surface area contributed by atoms with Crippen molar-refractivity contribution < 1.29 is 13.2 Å². The van der Waals surface area contributed by atoms with Gasteiger partial charge in [0.25, 0.3) is 0 Å². The third kappa shape index (κ3) is 5.26. The molecular formula is C22H23ClN2O3S. The van der Waals surface area contributed by atoms with E-state index in [4.69, 9.17) is 16.3 Å². The van der Waals surface area contributed by atoms with Crippen LogP contribution in [0.5, 0.6) is 5.88 Å². The molecule has 0 spiro atoms. The SMILES string of the molecule is O=S1(=O)CC[C@H](NCc2cc3ccc(Cl)cc3nc2OCCc2ccccc2)C1. The zero-order valence-corrected chi connectivity index (χ0v) is 17.5. The Morgan fingerprint density at radius 3 is 2.72 bits per heavy atom. The Hall–Kier alpha value is -2.15. The molecule has 4 rings (SSSR count). The normalized spacial score (nSPS) is 18.2. The molecule has 1 atom stereocenters. The number of benzene rings is 2. The van der Waals surface area contributed by atoms with Gasteiger partial charge in [-0.2, -0.15) is 0 Å². The van der Waals surface area contributed by atoms with Crippen LogP contribution in [-0.2, 0) is 22.8 Å². The van der Waals surface area contributed by atoms with Gasteiger partial charge in [0.15, 0.2) is 9.84 Å². The number of nitrogens with one attached hydrogen (secondary N) is 1. The summed E-state index contributed by atoms with van der Waals surface area (Å²) in [7, 11) is -2.92. The van der Waals surface area contributed by atoms with Crippen LogP contribution in [0, 0.1) is 0 Å². The van der Waals surface area contributed by atoms with E-state index >= 15 is 0 Å². The van der Waals surface area contributed by atoms with Crippen molar-refractivity contribution in [2.45, 2.75) is 25.4 Å². The van der Waals surface area contributed by atoms with Crippen LogP contribution in [0.4, 0.5) is 0 Å². The molecule has 0 radical (unpaired) electrons. The zero-order chi connectivity index (χ0) is 20.3. The summed E-state index contributed by atoms with van der Waals surface area (Å²) in [4.78, 5) is 4.68. The van der Waals surface area contributed by atoms with Gasteiger partial charge in [0.2, 0.25) is 5.88 Å². The van der Waals surface area contributed by atoms with Crippen molar-refractivity contribution in [3.05, 3.63) is 70.7 Å². The fourth-order valence-electron chi connectivity index (χ4n) is 3.54. The lowest BCUT2D eigenvalue weighted by Gasteiger charge is -2.15. The predicted octanol–water partition coefficient (Wildman–Crippen LogP) is 3.79. The van der Waals surface area contributed by atoms with Crippen LogP contribution in [0.3, 0.4) is 0 Å². The van der Waals surface area contributed by atoms with E-state index in [9.17, 15) is 8.42 Å². The van der Waals surface area contributed by atoms with Gasteiger partial charge in [-0.25, -0.2) is 13.4 Å². The van der Waals surface area contributed by atoms with Crippen molar-refractivity contribution in [2.75, 3.05) is 18.1 Å². The Morgan fingerprint density at radius 1 is 1.14 bits per heavy atom. The van der Waals surface area contributed by atoms with E-state index in [1.807, 2.05) is 42.5 Å². The molecule has 0 bridgehead atoms. The fraction of sp³-hybridized carbons (Fsp3) is 0.318. The predicted molar refractivity (Wildman–Crippen MR) is 116 cm³/mol. The Morgan fingerprint density at radius 2 is 1.97 bits per heavy atom. The van der Waals surface area contributed by atoms with Gasteiger partial charge in [0.1, 0.15) is 0 Å². The number of pyridine rings is 1. The maximum Gasteiger partial charge on any atom is 0.218 e. The topological polar surface area (TPSA) is 68.3 Å². The quantitative estimate of drug-likeness (QED) is 0.617. The van der Waals surface area contributed by atoms with E-state index in [1.54, 1.807) is 0 Å². The molecule has 3 aromatic rings. The van der Waals surface area contributed by atoms with E-state index in [1.165, 1.54) is 5.56 Å². The third-order valence-corrected chi connectivity index (χ3v) is 7.11. The van der Waals surface area contributed by atoms with Crippen LogP contribution in [-0.4, -0.2) is 37.6 Å². The molecule has 1 aliphatic rings. The monoisotopic (exact) mass is 430 g/mol. The van der Waals surface area contributed by atoms with Crippen LogP contribution in [0.1, 0.15) is 17.5 Å². The molecule has 0 aliphatic carbocycles. The summed E-state index contributed by atoms with van der Waals surface area (Å²) in [5, 5.41) is 4.95. The number of hydrogen-bond acceptors (Lipinski definition) is 5. The maximum atomic E-state index is 11.7. The van der Waals surface area contributed by atoms with Gasteiger partial charge in [0.05, 0.1) is 23.6 Å². The van der Waals surface area contributed by atoms with E-state index in [2.05, 4.69) is 22.4 Å². The first kappa shape index (κ1) is 20.1. The highest BCUT2D eigenvalue weighted by Gasteiger charge is 2.27. The van der Waals surface area contributed by atoms with E-state index < -0.39 is 9.84 Å². The van der Waals surface area contributed by atoms with Crippen molar-refractivity contribution in [3.63, 3.8) is 0 Å². The second kappa shape index (κ2) is 8.69. The average molecular weight is 431 g/mol. The number of nitrogens with zero attached hydrogens (tertiary/aromatic N) is 1. The highest BCUT2D eigenvalue weighted by Crippen LogP contribution is 2.25. The van der Waals surface area contributed by atoms with Gasteiger partial charge in [-0.3, -0.25) is 0 Å². The molecule has 1 aliphatic heterocycles. The van der Waals surface area contributed by atoms with Crippen molar-refractivity contribution in [3.8, 4) is 5.88 Å². The molecule has 1 saturated heterocycles. The maximum absolute atomic E-state index is 11.7. The van der Waals surface area contributed by atoms with Crippen molar-refractivity contribution >= 4 is 32.3 Å². The van der Waals surface area contributed by atoms with Crippen molar-refractivity contribution in [2.24, 2.45) is 0 Å². The first-order valence-corrected chi connectivity index (χ1v) is 11.9. The fourth-order valence-corrected chi connectivity index (χ4v) is 5.41. The Labute approximate surface area is 176 Å². The molecule has 0 saturated carbocycles. The summed E-state index contributed by atoms with van der Waals surface area (Å²) in [6.45, 7) is 1.01. The Bertz CT molecular complexity index is 1100. The van der Waals surface area contributed by atoms with Gasteiger partial charge in [0, 0.05) is 35.0 Å². The largest absolute Gasteiger partial charge is 0.477 e. The third-order valence-electron chi connectivity index (χ3n) is 5.10. The minimum Gasteiger partial charge on any atom is -0.477 e. The number of ether oxygens (including phenoxy) is 1. The lowest BCUT2D eigenvalue weighted by molar-refractivity contribution is 0.306. The number of rotatable bonds is 7. The van der Waals surface area contributed by atoms with E-state index in [0.717, 1.165) is 22.9 Å². The Kier molecular flexibility index (Phi) is 6.04. The molecule has 0 amide bonds. The molecule has 0 unspecified atom stereocenters.